The summed E-state index contributed by atoms with van der Waals surface area (Å²) in [6.07, 6.45) is 10.2. The molecule has 1 aliphatic carbocycles. The second-order valence-electron chi connectivity index (χ2n) is 6.37. The first-order valence-electron chi connectivity index (χ1n) is 7.87. The molecule has 2 fully saturated rings. The van der Waals surface area contributed by atoms with Crippen molar-refractivity contribution in [2.24, 2.45) is 11.8 Å². The summed E-state index contributed by atoms with van der Waals surface area (Å²) >= 11 is 12.3. The first-order valence-corrected chi connectivity index (χ1v) is 8.62. The standard InChI is InChI=1S/C16H22Cl2N2O/c17-12-8-19-9-13(18)15(12)16(21)14-6-11(7-20-14)10-4-2-1-3-5-10/h8-11,14,16,20-21H,1-7H2/t11-,14?,16?/m1/s1. The van der Waals surface area contributed by atoms with Gasteiger partial charge >= 0.3 is 0 Å². The smallest absolute Gasteiger partial charge is 0.0973 e. The Hall–Kier alpha value is -0.350. The Bertz CT molecular complexity index is 471. The van der Waals surface area contributed by atoms with Crippen molar-refractivity contribution >= 4 is 23.2 Å². The van der Waals surface area contributed by atoms with Crippen LogP contribution in [0.1, 0.15) is 50.2 Å². The molecule has 0 radical (unpaired) electrons. The van der Waals surface area contributed by atoms with E-state index in [4.69, 9.17) is 23.2 Å². The van der Waals surface area contributed by atoms with Gasteiger partial charge in [0.25, 0.3) is 0 Å². The average molecular weight is 329 g/mol. The van der Waals surface area contributed by atoms with Gasteiger partial charge in [-0.1, -0.05) is 55.3 Å². The van der Waals surface area contributed by atoms with Crippen LogP contribution in [0, 0.1) is 11.8 Å². The van der Waals surface area contributed by atoms with E-state index >= 15 is 0 Å². The summed E-state index contributed by atoms with van der Waals surface area (Å²) in [6, 6.07) is 0.0364. The van der Waals surface area contributed by atoms with Crippen LogP contribution < -0.4 is 5.32 Å². The van der Waals surface area contributed by atoms with E-state index in [1.54, 1.807) is 12.4 Å². The van der Waals surface area contributed by atoms with Crippen molar-refractivity contribution in [3.8, 4) is 0 Å². The van der Waals surface area contributed by atoms with E-state index in [2.05, 4.69) is 10.3 Å². The molecule has 2 unspecified atom stereocenters. The third-order valence-electron chi connectivity index (χ3n) is 5.08. The third kappa shape index (κ3) is 3.37. The normalized spacial score (nSPS) is 28.7. The SMILES string of the molecule is OC(c1c(Cl)cncc1Cl)C1C[C@@H](C2CCCCC2)CN1. The molecular weight excluding hydrogens is 307 g/mol. The highest BCUT2D eigenvalue weighted by molar-refractivity contribution is 6.35. The molecule has 1 aliphatic heterocycles. The molecule has 3 atom stereocenters. The maximum atomic E-state index is 10.6. The lowest BCUT2D eigenvalue weighted by molar-refractivity contribution is 0.133. The molecule has 1 saturated heterocycles. The van der Waals surface area contributed by atoms with Crippen molar-refractivity contribution < 1.29 is 5.11 Å². The molecule has 2 aliphatic rings. The topological polar surface area (TPSA) is 45.2 Å². The first-order chi connectivity index (χ1) is 10.2. The summed E-state index contributed by atoms with van der Waals surface area (Å²) in [7, 11) is 0. The lowest BCUT2D eigenvalue weighted by Gasteiger charge is -2.27. The van der Waals surface area contributed by atoms with E-state index < -0.39 is 6.10 Å². The predicted octanol–water partition coefficient (Wildman–Crippen LogP) is 3.98. The number of hydrogen-bond acceptors (Lipinski definition) is 3. The number of aliphatic hydroxyl groups excluding tert-OH is 1. The fourth-order valence-electron chi connectivity index (χ4n) is 3.91. The van der Waals surface area contributed by atoms with Gasteiger partial charge in [0.2, 0.25) is 0 Å². The Morgan fingerprint density at radius 2 is 1.76 bits per heavy atom. The summed E-state index contributed by atoms with van der Waals surface area (Å²) in [5.74, 6) is 1.48. The third-order valence-corrected chi connectivity index (χ3v) is 5.69. The highest BCUT2D eigenvalue weighted by Gasteiger charge is 2.36. The predicted molar refractivity (Wildman–Crippen MR) is 85.7 cm³/mol. The van der Waals surface area contributed by atoms with Crippen LogP contribution in [0.2, 0.25) is 10.0 Å². The van der Waals surface area contributed by atoms with Crippen LogP contribution in [0.3, 0.4) is 0 Å². The quantitative estimate of drug-likeness (QED) is 0.882. The molecule has 2 N–H and O–H groups in total. The second kappa shape index (κ2) is 6.82. The van der Waals surface area contributed by atoms with Gasteiger partial charge in [-0.2, -0.15) is 0 Å². The summed E-state index contributed by atoms with van der Waals surface area (Å²) in [4.78, 5) is 3.95. The lowest BCUT2D eigenvalue weighted by Crippen LogP contribution is -2.29. The molecule has 1 aromatic rings. The molecule has 0 aromatic carbocycles. The molecule has 1 aromatic heterocycles. The molecule has 21 heavy (non-hydrogen) atoms. The molecule has 1 saturated carbocycles. The second-order valence-corrected chi connectivity index (χ2v) is 7.18. The van der Waals surface area contributed by atoms with Gasteiger partial charge in [0, 0.05) is 24.0 Å². The number of halogens is 2. The lowest BCUT2D eigenvalue weighted by atomic mass is 9.78. The van der Waals surface area contributed by atoms with Gasteiger partial charge in [-0.15, -0.1) is 0 Å². The Morgan fingerprint density at radius 3 is 2.43 bits per heavy atom. The van der Waals surface area contributed by atoms with Crippen LogP contribution in [0.25, 0.3) is 0 Å². The molecule has 3 rings (SSSR count). The Balaban J connectivity index is 1.68. The zero-order chi connectivity index (χ0) is 14.8. The van der Waals surface area contributed by atoms with Crippen molar-refractivity contribution in [2.75, 3.05) is 6.54 Å². The van der Waals surface area contributed by atoms with Gasteiger partial charge in [0.15, 0.2) is 0 Å². The van der Waals surface area contributed by atoms with Crippen LogP contribution in [0.15, 0.2) is 12.4 Å². The van der Waals surface area contributed by atoms with Crippen molar-refractivity contribution in [2.45, 2.75) is 50.7 Å². The minimum atomic E-state index is -0.665. The molecule has 2 heterocycles. The number of aliphatic hydroxyl groups is 1. The number of rotatable bonds is 3. The molecule has 0 bridgehead atoms. The fraction of sp³-hybridized carbons (Fsp3) is 0.688. The fourth-order valence-corrected chi connectivity index (χ4v) is 4.49. The highest BCUT2D eigenvalue weighted by atomic mass is 35.5. The van der Waals surface area contributed by atoms with Crippen LogP contribution in [0.5, 0.6) is 0 Å². The molecule has 116 valence electrons. The minimum absolute atomic E-state index is 0.0364. The van der Waals surface area contributed by atoms with Crippen molar-refractivity contribution in [1.29, 1.82) is 0 Å². The van der Waals surface area contributed by atoms with E-state index in [1.807, 2.05) is 0 Å². The summed E-state index contributed by atoms with van der Waals surface area (Å²) in [5.41, 5.74) is 0.607. The zero-order valence-corrected chi connectivity index (χ0v) is 13.6. The monoisotopic (exact) mass is 328 g/mol. The number of pyridine rings is 1. The van der Waals surface area contributed by atoms with Gasteiger partial charge in [-0.3, -0.25) is 4.98 Å². The summed E-state index contributed by atoms with van der Waals surface area (Å²) in [5, 5.41) is 15.0. The molecule has 3 nitrogen and oxygen atoms in total. The molecule has 5 heteroatoms. The van der Waals surface area contributed by atoms with E-state index in [9.17, 15) is 5.11 Å². The number of hydrogen-bond donors (Lipinski definition) is 2. The van der Waals surface area contributed by atoms with Crippen molar-refractivity contribution in [1.82, 2.24) is 10.3 Å². The van der Waals surface area contributed by atoms with Crippen LogP contribution >= 0.6 is 23.2 Å². The van der Waals surface area contributed by atoms with E-state index in [0.717, 1.165) is 18.9 Å². The van der Waals surface area contributed by atoms with Crippen molar-refractivity contribution in [3.63, 3.8) is 0 Å². The first kappa shape index (κ1) is 15.5. The largest absolute Gasteiger partial charge is 0.387 e. The zero-order valence-electron chi connectivity index (χ0n) is 12.1. The minimum Gasteiger partial charge on any atom is -0.387 e. The Morgan fingerprint density at radius 1 is 1.10 bits per heavy atom. The van der Waals surface area contributed by atoms with E-state index in [-0.39, 0.29) is 6.04 Å². The number of nitrogens with one attached hydrogen (secondary N) is 1. The maximum absolute atomic E-state index is 10.6. The summed E-state index contributed by atoms with van der Waals surface area (Å²) < 4.78 is 0. The number of nitrogens with zero attached hydrogens (tertiary/aromatic N) is 1. The van der Waals surface area contributed by atoms with Crippen molar-refractivity contribution in [3.05, 3.63) is 28.0 Å². The summed E-state index contributed by atoms with van der Waals surface area (Å²) in [6.45, 7) is 0.993. The van der Waals surface area contributed by atoms with Gasteiger partial charge in [-0.05, 0) is 24.8 Å². The molecular formula is C16H22Cl2N2O. The maximum Gasteiger partial charge on any atom is 0.0973 e. The van der Waals surface area contributed by atoms with Gasteiger partial charge in [0.1, 0.15) is 0 Å². The highest BCUT2D eigenvalue weighted by Crippen LogP contribution is 2.39. The van der Waals surface area contributed by atoms with Gasteiger partial charge < -0.3 is 10.4 Å². The molecule has 0 amide bonds. The van der Waals surface area contributed by atoms with Crippen LogP contribution in [-0.4, -0.2) is 22.7 Å². The Kier molecular flexibility index (Phi) is 5.05. The van der Waals surface area contributed by atoms with Gasteiger partial charge in [0.05, 0.1) is 16.1 Å². The molecule has 0 spiro atoms. The van der Waals surface area contributed by atoms with Crippen LogP contribution in [-0.2, 0) is 0 Å². The van der Waals surface area contributed by atoms with E-state index in [0.29, 0.717) is 21.5 Å². The average Bonchev–Trinajstić information content (AvgIpc) is 2.97. The van der Waals surface area contributed by atoms with Gasteiger partial charge in [-0.25, -0.2) is 0 Å². The van der Waals surface area contributed by atoms with Crippen LogP contribution in [0.4, 0.5) is 0 Å². The Labute approximate surface area is 136 Å². The number of aromatic nitrogens is 1. The van der Waals surface area contributed by atoms with E-state index in [1.165, 1.54) is 32.1 Å².